The van der Waals surface area contributed by atoms with Crippen LogP contribution in [0.1, 0.15) is 43.7 Å². The molecule has 2 rings (SSSR count). The first kappa shape index (κ1) is 12.1. The molecule has 0 heterocycles. The van der Waals surface area contributed by atoms with Gasteiger partial charge in [0.15, 0.2) is 0 Å². The Morgan fingerprint density at radius 2 is 2.18 bits per heavy atom. The number of nitriles is 1. The fourth-order valence-corrected chi connectivity index (χ4v) is 2.78. The Labute approximate surface area is 106 Å². The molecule has 0 aromatic heterocycles. The molecule has 1 aliphatic carbocycles. The van der Waals surface area contributed by atoms with Crippen LogP contribution in [0, 0.1) is 16.7 Å². The van der Waals surface area contributed by atoms with Crippen molar-refractivity contribution >= 4 is 17.4 Å². The van der Waals surface area contributed by atoms with Crippen LogP contribution in [0.2, 0.25) is 5.02 Å². The first-order valence-electron chi connectivity index (χ1n) is 5.67. The first-order valence-corrected chi connectivity index (χ1v) is 6.04. The van der Waals surface area contributed by atoms with Crippen LogP contribution in [-0.2, 0) is 4.79 Å². The zero-order chi connectivity index (χ0) is 12.6. The summed E-state index contributed by atoms with van der Waals surface area (Å²) >= 11 is 6.17. The van der Waals surface area contributed by atoms with E-state index in [4.69, 9.17) is 16.9 Å². The van der Waals surface area contributed by atoms with Crippen LogP contribution in [0.25, 0.3) is 0 Å². The topological polar surface area (TPSA) is 40.9 Å². The van der Waals surface area contributed by atoms with Crippen LogP contribution >= 0.6 is 11.6 Å². The predicted molar refractivity (Wildman–Crippen MR) is 66.9 cm³/mol. The second kappa shape index (κ2) is 4.16. The summed E-state index contributed by atoms with van der Waals surface area (Å²) in [5.41, 5.74) is 1.30. The largest absolute Gasteiger partial charge is 0.299 e. The Kier molecular flexibility index (Phi) is 2.97. The third-order valence-electron chi connectivity index (χ3n) is 3.51. The van der Waals surface area contributed by atoms with E-state index >= 15 is 0 Å². The van der Waals surface area contributed by atoms with Crippen molar-refractivity contribution in [1.82, 2.24) is 0 Å². The van der Waals surface area contributed by atoms with Crippen molar-refractivity contribution in [3.8, 4) is 6.07 Å². The van der Waals surface area contributed by atoms with E-state index in [0.29, 0.717) is 22.8 Å². The van der Waals surface area contributed by atoms with Gasteiger partial charge in [-0.2, -0.15) is 5.26 Å². The Bertz CT molecular complexity index is 513. The van der Waals surface area contributed by atoms with E-state index in [1.165, 1.54) is 0 Å². The van der Waals surface area contributed by atoms with Gasteiger partial charge in [0.1, 0.15) is 5.78 Å². The Hall–Kier alpha value is -1.33. The van der Waals surface area contributed by atoms with Gasteiger partial charge in [0.25, 0.3) is 0 Å². The van der Waals surface area contributed by atoms with E-state index in [-0.39, 0.29) is 11.3 Å². The molecule has 0 N–H and O–H groups in total. The molecule has 0 saturated heterocycles. The molecule has 1 aliphatic rings. The highest BCUT2D eigenvalue weighted by Gasteiger charge is 2.40. The molecule has 1 atom stereocenters. The lowest BCUT2D eigenvalue weighted by molar-refractivity contribution is -0.124. The van der Waals surface area contributed by atoms with Crippen molar-refractivity contribution in [2.24, 2.45) is 5.41 Å². The van der Waals surface area contributed by atoms with Gasteiger partial charge in [-0.25, -0.2) is 0 Å². The van der Waals surface area contributed by atoms with E-state index in [2.05, 4.69) is 6.07 Å². The molecule has 1 aromatic carbocycles. The summed E-state index contributed by atoms with van der Waals surface area (Å²) in [6.45, 7) is 3.96. The number of hydrogen-bond donors (Lipinski definition) is 0. The molecular weight excluding hydrogens is 234 g/mol. The second-order valence-corrected chi connectivity index (χ2v) is 5.67. The lowest BCUT2D eigenvalue weighted by atomic mass is 9.88. The van der Waals surface area contributed by atoms with Gasteiger partial charge in [-0.3, -0.25) is 4.79 Å². The summed E-state index contributed by atoms with van der Waals surface area (Å²) in [6, 6.07) is 7.37. The highest BCUT2D eigenvalue weighted by Crippen LogP contribution is 2.45. The quantitative estimate of drug-likeness (QED) is 0.760. The maximum Gasteiger partial charge on any atom is 0.139 e. The van der Waals surface area contributed by atoms with E-state index in [0.717, 1.165) is 12.0 Å². The number of halogens is 1. The highest BCUT2D eigenvalue weighted by molar-refractivity contribution is 6.31. The van der Waals surface area contributed by atoms with Crippen molar-refractivity contribution in [2.45, 2.75) is 32.6 Å². The average molecular weight is 248 g/mol. The Balaban J connectivity index is 2.32. The number of ketones is 1. The number of carbonyl (C=O) groups is 1. The zero-order valence-corrected chi connectivity index (χ0v) is 10.7. The summed E-state index contributed by atoms with van der Waals surface area (Å²) in [6.07, 6.45) is 1.38. The molecule has 2 nitrogen and oxygen atoms in total. The van der Waals surface area contributed by atoms with Crippen molar-refractivity contribution < 1.29 is 4.79 Å². The molecule has 0 bridgehead atoms. The van der Waals surface area contributed by atoms with E-state index in [1.54, 1.807) is 12.1 Å². The molecule has 1 unspecified atom stereocenters. The molecule has 1 aromatic rings. The maximum atomic E-state index is 11.8. The monoisotopic (exact) mass is 247 g/mol. The average Bonchev–Trinajstić information content (AvgIpc) is 2.53. The van der Waals surface area contributed by atoms with Crippen molar-refractivity contribution in [3.63, 3.8) is 0 Å². The molecule has 1 saturated carbocycles. The second-order valence-electron chi connectivity index (χ2n) is 5.26. The summed E-state index contributed by atoms with van der Waals surface area (Å²) in [5.74, 6) is 0.487. The first-order chi connectivity index (χ1) is 7.94. The van der Waals surface area contributed by atoms with Crippen LogP contribution in [0.15, 0.2) is 18.2 Å². The lowest BCUT2D eigenvalue weighted by Gasteiger charge is -2.16. The molecule has 0 spiro atoms. The fourth-order valence-electron chi connectivity index (χ4n) is 2.45. The number of benzene rings is 1. The van der Waals surface area contributed by atoms with Crippen molar-refractivity contribution in [3.05, 3.63) is 34.3 Å². The van der Waals surface area contributed by atoms with Gasteiger partial charge < -0.3 is 0 Å². The van der Waals surface area contributed by atoms with Gasteiger partial charge in [-0.1, -0.05) is 31.5 Å². The Morgan fingerprint density at radius 3 is 2.65 bits per heavy atom. The molecule has 3 heteroatoms. The van der Waals surface area contributed by atoms with Gasteiger partial charge in [0.2, 0.25) is 0 Å². The number of nitrogens with zero attached hydrogens (tertiary/aromatic N) is 1. The van der Waals surface area contributed by atoms with Gasteiger partial charge in [0.05, 0.1) is 11.6 Å². The standard InChI is InChI=1S/C14H14ClNO/c1-14(2)7-10(6-13(14)17)11-4-3-9(8-16)5-12(11)15/h3-5,10H,6-7H2,1-2H3. The molecular formula is C14H14ClNO. The van der Waals surface area contributed by atoms with Crippen LogP contribution in [0.4, 0.5) is 0 Å². The van der Waals surface area contributed by atoms with E-state index < -0.39 is 0 Å². The fraction of sp³-hybridized carbons (Fsp3) is 0.429. The number of hydrogen-bond acceptors (Lipinski definition) is 2. The Morgan fingerprint density at radius 1 is 1.47 bits per heavy atom. The molecule has 1 fully saturated rings. The number of rotatable bonds is 1. The third kappa shape index (κ3) is 2.21. The van der Waals surface area contributed by atoms with Gasteiger partial charge in [0, 0.05) is 16.9 Å². The summed E-state index contributed by atoms with van der Waals surface area (Å²) in [5, 5.41) is 9.38. The van der Waals surface area contributed by atoms with Crippen LogP contribution in [0.5, 0.6) is 0 Å². The highest BCUT2D eigenvalue weighted by atomic mass is 35.5. The predicted octanol–water partition coefficient (Wildman–Crippen LogP) is 3.68. The minimum Gasteiger partial charge on any atom is -0.299 e. The van der Waals surface area contributed by atoms with Crippen molar-refractivity contribution in [1.29, 1.82) is 5.26 Å². The maximum absolute atomic E-state index is 11.8. The van der Waals surface area contributed by atoms with E-state index in [9.17, 15) is 4.79 Å². The number of Topliss-reactive ketones (excluding diaryl/α,β-unsaturated/α-hetero) is 1. The molecule has 17 heavy (non-hydrogen) atoms. The molecule has 0 aliphatic heterocycles. The molecule has 0 amide bonds. The van der Waals surface area contributed by atoms with Gasteiger partial charge in [-0.05, 0) is 30.0 Å². The summed E-state index contributed by atoms with van der Waals surface area (Å²) in [4.78, 5) is 11.8. The van der Waals surface area contributed by atoms with E-state index in [1.807, 2.05) is 19.9 Å². The van der Waals surface area contributed by atoms with Gasteiger partial charge in [-0.15, -0.1) is 0 Å². The third-order valence-corrected chi connectivity index (χ3v) is 3.84. The number of carbonyl (C=O) groups excluding carboxylic acids is 1. The van der Waals surface area contributed by atoms with Gasteiger partial charge >= 0.3 is 0 Å². The zero-order valence-electron chi connectivity index (χ0n) is 9.96. The van der Waals surface area contributed by atoms with Crippen LogP contribution in [-0.4, -0.2) is 5.78 Å². The minimum atomic E-state index is -0.248. The van der Waals surface area contributed by atoms with Crippen LogP contribution in [0.3, 0.4) is 0 Å². The lowest BCUT2D eigenvalue weighted by Crippen LogP contribution is -2.15. The molecule has 88 valence electrons. The molecule has 0 radical (unpaired) electrons. The van der Waals surface area contributed by atoms with Crippen molar-refractivity contribution in [2.75, 3.05) is 0 Å². The van der Waals surface area contributed by atoms with Crippen LogP contribution < -0.4 is 0 Å². The normalized spacial score (nSPS) is 22.5. The summed E-state index contributed by atoms with van der Waals surface area (Å²) < 4.78 is 0. The summed E-state index contributed by atoms with van der Waals surface area (Å²) in [7, 11) is 0. The minimum absolute atomic E-state index is 0.192. The SMILES string of the molecule is CC1(C)CC(c2ccc(C#N)cc2Cl)CC1=O. The smallest absolute Gasteiger partial charge is 0.139 e.